The van der Waals surface area contributed by atoms with Crippen LogP contribution >= 0.6 is 11.6 Å². The third-order valence-electron chi connectivity index (χ3n) is 7.46. The number of hydrogen-bond acceptors (Lipinski definition) is 5. The Morgan fingerprint density at radius 3 is 2.87 bits per heavy atom. The highest BCUT2D eigenvalue weighted by Gasteiger charge is 2.35. The lowest BCUT2D eigenvalue weighted by Crippen LogP contribution is -2.56. The second-order valence-electron chi connectivity index (χ2n) is 10.2. The van der Waals surface area contributed by atoms with Gasteiger partial charge in [0.25, 0.3) is 0 Å². The molecule has 1 aliphatic heterocycles. The molecule has 2 N–H and O–H groups in total. The molecule has 0 radical (unpaired) electrons. The molecule has 4 aromatic rings. The molecule has 6 rings (SSSR count). The van der Waals surface area contributed by atoms with Crippen LogP contribution in [0.15, 0.2) is 73.3 Å². The van der Waals surface area contributed by atoms with E-state index in [0.717, 1.165) is 53.6 Å². The van der Waals surface area contributed by atoms with E-state index in [1.165, 1.54) is 16.7 Å². The summed E-state index contributed by atoms with van der Waals surface area (Å²) in [5.74, 6) is -0.0310. The molecule has 0 unspecified atom stereocenters. The standard InChI is InChI=1S/C30H31ClN6O/c1-20-16-36(19-34-20)17-21-4-2-6-25(14-21)35-30(38)27-18-37(13-12-32-27)29-26-10-9-24(31)15-23(26)8-7-22-5-3-11-33-28(22)29/h2-6,9-11,14-16,19,27,29,32H,7-8,12-13,17-18H2,1H3,(H,35,38)/t27-,29+/m1/s1. The van der Waals surface area contributed by atoms with E-state index in [-0.39, 0.29) is 18.0 Å². The second kappa shape index (κ2) is 10.7. The molecular formula is C30H31ClN6O. The number of benzene rings is 2. The summed E-state index contributed by atoms with van der Waals surface area (Å²) in [5, 5.41) is 7.32. The van der Waals surface area contributed by atoms with E-state index in [1.54, 1.807) is 0 Å². The third kappa shape index (κ3) is 5.23. The van der Waals surface area contributed by atoms with Gasteiger partial charge >= 0.3 is 0 Å². The van der Waals surface area contributed by atoms with Crippen LogP contribution < -0.4 is 10.6 Å². The first-order valence-corrected chi connectivity index (χ1v) is 13.5. The Morgan fingerprint density at radius 2 is 2.00 bits per heavy atom. The van der Waals surface area contributed by atoms with Crippen molar-refractivity contribution in [3.8, 4) is 0 Å². The minimum absolute atomic E-state index is 0.0136. The van der Waals surface area contributed by atoms with Gasteiger partial charge in [0.2, 0.25) is 5.91 Å². The quantitative estimate of drug-likeness (QED) is 0.403. The largest absolute Gasteiger partial charge is 0.333 e. The van der Waals surface area contributed by atoms with Crippen LogP contribution in [-0.4, -0.2) is 51.0 Å². The Hall–Kier alpha value is -3.52. The monoisotopic (exact) mass is 526 g/mol. The van der Waals surface area contributed by atoms with Crippen LogP contribution in [0.25, 0.3) is 0 Å². The number of piperazine rings is 1. The molecule has 8 heteroatoms. The summed E-state index contributed by atoms with van der Waals surface area (Å²) < 4.78 is 2.04. The average molecular weight is 527 g/mol. The number of imidazole rings is 1. The van der Waals surface area contributed by atoms with E-state index in [4.69, 9.17) is 16.6 Å². The van der Waals surface area contributed by atoms with Crippen molar-refractivity contribution >= 4 is 23.2 Å². The molecule has 2 aromatic heterocycles. The van der Waals surface area contributed by atoms with Gasteiger partial charge in [0.05, 0.1) is 29.8 Å². The van der Waals surface area contributed by atoms with Gasteiger partial charge in [-0.15, -0.1) is 0 Å². The fourth-order valence-corrected chi connectivity index (χ4v) is 5.88. The van der Waals surface area contributed by atoms with Crippen molar-refractivity contribution in [2.75, 3.05) is 25.0 Å². The fraction of sp³-hybridized carbons (Fsp3) is 0.300. The molecule has 2 aliphatic rings. The van der Waals surface area contributed by atoms with Gasteiger partial charge in [0, 0.05) is 49.3 Å². The molecule has 2 aromatic carbocycles. The SMILES string of the molecule is Cc1cn(Cc2cccc(NC(=O)[C@H]3CN([C@H]4c5ccc(Cl)cc5CCc5cccnc54)CCN3)c2)cn1. The molecule has 194 valence electrons. The van der Waals surface area contributed by atoms with Crippen LogP contribution in [0.4, 0.5) is 5.69 Å². The van der Waals surface area contributed by atoms with Crippen molar-refractivity contribution in [1.29, 1.82) is 0 Å². The van der Waals surface area contributed by atoms with Crippen LogP contribution in [0.1, 0.15) is 39.7 Å². The minimum Gasteiger partial charge on any atom is -0.333 e. The van der Waals surface area contributed by atoms with Gasteiger partial charge in [-0.25, -0.2) is 4.98 Å². The van der Waals surface area contributed by atoms with Gasteiger partial charge in [-0.3, -0.25) is 14.7 Å². The summed E-state index contributed by atoms with van der Waals surface area (Å²) in [6.07, 6.45) is 7.57. The van der Waals surface area contributed by atoms with Gasteiger partial charge in [-0.05, 0) is 72.4 Å². The third-order valence-corrected chi connectivity index (χ3v) is 7.69. The first kappa shape index (κ1) is 24.8. The summed E-state index contributed by atoms with van der Waals surface area (Å²) in [6.45, 7) is 4.82. The first-order valence-electron chi connectivity index (χ1n) is 13.1. The van der Waals surface area contributed by atoms with Gasteiger partial charge in [0.15, 0.2) is 0 Å². The summed E-state index contributed by atoms with van der Waals surface area (Å²) in [6, 6.07) is 18.0. The molecule has 1 saturated heterocycles. The normalized spacial score (nSPS) is 19.3. The Morgan fingerprint density at radius 1 is 1.11 bits per heavy atom. The number of amides is 1. The van der Waals surface area contributed by atoms with Crippen molar-refractivity contribution in [3.05, 3.63) is 112 Å². The summed E-state index contributed by atoms with van der Waals surface area (Å²) in [7, 11) is 0. The molecular weight excluding hydrogens is 496 g/mol. The number of fused-ring (bicyclic) bond motifs is 2. The minimum atomic E-state index is -0.338. The average Bonchev–Trinajstić information content (AvgIpc) is 3.25. The summed E-state index contributed by atoms with van der Waals surface area (Å²) in [4.78, 5) is 25.0. The number of nitrogens with one attached hydrogen (secondary N) is 2. The number of carbonyl (C=O) groups excluding carboxylic acids is 1. The zero-order chi connectivity index (χ0) is 26.1. The van der Waals surface area contributed by atoms with E-state index in [2.05, 4.69) is 44.8 Å². The Labute approximate surface area is 227 Å². The van der Waals surface area contributed by atoms with Gasteiger partial charge < -0.3 is 15.2 Å². The lowest BCUT2D eigenvalue weighted by atomic mass is 9.95. The number of halogens is 1. The highest BCUT2D eigenvalue weighted by Crippen LogP contribution is 2.37. The van der Waals surface area contributed by atoms with E-state index >= 15 is 0 Å². The number of anilines is 1. The topological polar surface area (TPSA) is 75.1 Å². The fourth-order valence-electron chi connectivity index (χ4n) is 5.68. The Bertz CT molecular complexity index is 1470. The van der Waals surface area contributed by atoms with Crippen molar-refractivity contribution in [3.63, 3.8) is 0 Å². The number of rotatable bonds is 5. The van der Waals surface area contributed by atoms with Gasteiger partial charge in [0.1, 0.15) is 0 Å². The number of carbonyl (C=O) groups is 1. The lowest BCUT2D eigenvalue weighted by Gasteiger charge is -2.39. The van der Waals surface area contributed by atoms with Crippen LogP contribution in [0, 0.1) is 6.92 Å². The summed E-state index contributed by atoms with van der Waals surface area (Å²) >= 11 is 6.38. The zero-order valence-corrected chi connectivity index (χ0v) is 22.2. The maximum absolute atomic E-state index is 13.4. The highest BCUT2D eigenvalue weighted by atomic mass is 35.5. The Balaban J connectivity index is 1.21. The molecule has 0 bridgehead atoms. The highest BCUT2D eigenvalue weighted by molar-refractivity contribution is 6.30. The van der Waals surface area contributed by atoms with E-state index in [1.807, 2.05) is 60.5 Å². The molecule has 1 aliphatic carbocycles. The van der Waals surface area contributed by atoms with Crippen molar-refractivity contribution < 1.29 is 4.79 Å². The van der Waals surface area contributed by atoms with E-state index < -0.39 is 0 Å². The second-order valence-corrected chi connectivity index (χ2v) is 10.6. The molecule has 2 atom stereocenters. The van der Waals surface area contributed by atoms with Crippen LogP contribution in [-0.2, 0) is 24.2 Å². The Kier molecular flexibility index (Phi) is 6.98. The number of aromatic nitrogens is 3. The molecule has 3 heterocycles. The van der Waals surface area contributed by atoms with Crippen molar-refractivity contribution in [2.24, 2.45) is 0 Å². The van der Waals surface area contributed by atoms with Crippen molar-refractivity contribution in [2.45, 2.75) is 38.4 Å². The predicted octanol–water partition coefficient (Wildman–Crippen LogP) is 4.39. The molecule has 1 amide bonds. The number of hydrogen-bond donors (Lipinski definition) is 2. The smallest absolute Gasteiger partial charge is 0.242 e. The number of nitrogens with zero attached hydrogens (tertiary/aromatic N) is 4. The van der Waals surface area contributed by atoms with Crippen LogP contribution in [0.2, 0.25) is 5.02 Å². The van der Waals surface area contributed by atoms with Crippen molar-refractivity contribution in [1.82, 2.24) is 24.8 Å². The maximum Gasteiger partial charge on any atom is 0.242 e. The molecule has 38 heavy (non-hydrogen) atoms. The predicted molar refractivity (Wildman–Crippen MR) is 149 cm³/mol. The number of aryl methyl sites for hydroxylation is 3. The molecule has 7 nitrogen and oxygen atoms in total. The van der Waals surface area contributed by atoms with E-state index in [0.29, 0.717) is 13.1 Å². The molecule has 0 spiro atoms. The first-order chi connectivity index (χ1) is 18.5. The van der Waals surface area contributed by atoms with Crippen LogP contribution in [0.5, 0.6) is 0 Å². The molecule has 0 saturated carbocycles. The van der Waals surface area contributed by atoms with Crippen LogP contribution in [0.3, 0.4) is 0 Å². The van der Waals surface area contributed by atoms with Gasteiger partial charge in [-0.1, -0.05) is 35.9 Å². The van der Waals surface area contributed by atoms with Gasteiger partial charge in [-0.2, -0.15) is 0 Å². The maximum atomic E-state index is 13.4. The summed E-state index contributed by atoms with van der Waals surface area (Å²) in [5.41, 5.74) is 7.71. The lowest BCUT2D eigenvalue weighted by molar-refractivity contribution is -0.119. The number of pyridine rings is 1. The van der Waals surface area contributed by atoms with E-state index in [9.17, 15) is 4.79 Å². The zero-order valence-electron chi connectivity index (χ0n) is 21.4. The molecule has 1 fully saturated rings.